The van der Waals surface area contributed by atoms with E-state index in [2.05, 4.69) is 15.4 Å². The number of rotatable bonds is 4. The van der Waals surface area contributed by atoms with Gasteiger partial charge in [-0.1, -0.05) is 0 Å². The lowest BCUT2D eigenvalue weighted by molar-refractivity contribution is 0.507. The molecule has 0 fully saturated rings. The molecule has 0 aliphatic rings. The van der Waals surface area contributed by atoms with E-state index >= 15 is 0 Å². The number of nitrogens with zero attached hydrogens (tertiary/aromatic N) is 3. The third-order valence-corrected chi connectivity index (χ3v) is 2.16. The van der Waals surface area contributed by atoms with Crippen molar-refractivity contribution in [3.05, 3.63) is 36.5 Å². The first-order chi connectivity index (χ1) is 7.79. The quantitative estimate of drug-likeness (QED) is 0.589. The van der Waals surface area contributed by atoms with Crippen molar-refractivity contribution in [2.24, 2.45) is 5.84 Å². The Bertz CT molecular complexity index is 442. The summed E-state index contributed by atoms with van der Waals surface area (Å²) < 4.78 is 5.26. The molecule has 0 radical (unpaired) electrons. The Morgan fingerprint density at radius 3 is 3.06 bits per heavy atom. The number of anilines is 2. The fraction of sp³-hybridized carbons (Fsp3) is 0.200. The number of hydrogen-bond donors (Lipinski definition) is 2. The van der Waals surface area contributed by atoms with Crippen LogP contribution in [0.15, 0.2) is 35.2 Å². The van der Waals surface area contributed by atoms with Crippen LogP contribution in [0.1, 0.15) is 5.76 Å². The van der Waals surface area contributed by atoms with Crippen LogP contribution < -0.4 is 16.2 Å². The van der Waals surface area contributed by atoms with Crippen molar-refractivity contribution in [2.75, 3.05) is 17.4 Å². The Morgan fingerprint density at radius 1 is 1.50 bits per heavy atom. The summed E-state index contributed by atoms with van der Waals surface area (Å²) in [7, 11) is 1.92. The van der Waals surface area contributed by atoms with Crippen molar-refractivity contribution in [3.63, 3.8) is 0 Å². The van der Waals surface area contributed by atoms with Crippen LogP contribution in [0, 0.1) is 0 Å². The van der Waals surface area contributed by atoms with E-state index in [1.54, 1.807) is 12.3 Å². The molecule has 16 heavy (non-hydrogen) atoms. The van der Waals surface area contributed by atoms with E-state index in [0.717, 1.165) is 11.6 Å². The summed E-state index contributed by atoms with van der Waals surface area (Å²) in [6, 6.07) is 5.54. The summed E-state index contributed by atoms with van der Waals surface area (Å²) in [4.78, 5) is 10.0. The zero-order valence-electron chi connectivity index (χ0n) is 8.92. The van der Waals surface area contributed by atoms with Crippen LogP contribution in [-0.4, -0.2) is 17.0 Å². The Labute approximate surface area is 93.1 Å². The molecule has 0 spiro atoms. The molecule has 2 aromatic rings. The maximum atomic E-state index is 5.28. The Kier molecular flexibility index (Phi) is 3.02. The molecule has 2 aromatic heterocycles. The maximum Gasteiger partial charge on any atom is 0.145 e. The van der Waals surface area contributed by atoms with Crippen molar-refractivity contribution < 1.29 is 4.42 Å². The highest BCUT2D eigenvalue weighted by Crippen LogP contribution is 2.14. The summed E-state index contributed by atoms with van der Waals surface area (Å²) in [6.45, 7) is 0.647. The summed E-state index contributed by atoms with van der Waals surface area (Å²) >= 11 is 0. The molecular weight excluding hydrogens is 206 g/mol. The van der Waals surface area contributed by atoms with Crippen LogP contribution in [0.25, 0.3) is 0 Å². The second-order valence-corrected chi connectivity index (χ2v) is 3.34. The summed E-state index contributed by atoms with van der Waals surface area (Å²) in [5.74, 6) is 7.51. The fourth-order valence-electron chi connectivity index (χ4n) is 1.35. The number of furan rings is 1. The van der Waals surface area contributed by atoms with E-state index in [-0.39, 0.29) is 0 Å². The average Bonchev–Trinajstić information content (AvgIpc) is 2.82. The minimum atomic E-state index is 0.580. The molecule has 84 valence electrons. The summed E-state index contributed by atoms with van der Waals surface area (Å²) in [6.07, 6.45) is 3.11. The predicted octanol–water partition coefficient (Wildman–Crippen LogP) is 0.992. The smallest absolute Gasteiger partial charge is 0.145 e. The summed E-state index contributed by atoms with van der Waals surface area (Å²) in [5.41, 5.74) is 2.48. The molecule has 2 heterocycles. The second kappa shape index (κ2) is 4.63. The topological polar surface area (TPSA) is 80.2 Å². The van der Waals surface area contributed by atoms with E-state index in [1.807, 2.05) is 24.1 Å². The van der Waals surface area contributed by atoms with Gasteiger partial charge < -0.3 is 14.7 Å². The van der Waals surface area contributed by atoms with Gasteiger partial charge in [0.05, 0.1) is 12.8 Å². The number of nitrogens with one attached hydrogen (secondary N) is 1. The predicted molar refractivity (Wildman–Crippen MR) is 60.7 cm³/mol. The minimum Gasteiger partial charge on any atom is -0.467 e. The molecule has 0 unspecified atom stereocenters. The van der Waals surface area contributed by atoms with Gasteiger partial charge in [0, 0.05) is 13.1 Å². The number of hydrazine groups is 1. The van der Waals surface area contributed by atoms with E-state index in [1.165, 1.54) is 6.33 Å². The molecule has 2 rings (SSSR count). The van der Waals surface area contributed by atoms with Gasteiger partial charge in [-0.25, -0.2) is 15.8 Å². The molecule has 3 N–H and O–H groups in total. The number of nitrogen functional groups attached to an aromatic ring is 1. The molecule has 6 heteroatoms. The van der Waals surface area contributed by atoms with Crippen LogP contribution in [0.2, 0.25) is 0 Å². The first-order valence-corrected chi connectivity index (χ1v) is 4.82. The van der Waals surface area contributed by atoms with Crippen LogP contribution in [0.4, 0.5) is 11.6 Å². The van der Waals surface area contributed by atoms with Gasteiger partial charge in [-0.2, -0.15) is 0 Å². The standard InChI is InChI=1S/C10H13N5O/c1-15(6-8-3-2-4-16-8)10-5-9(14-11)12-7-13-10/h2-5,7H,6,11H2,1H3,(H,12,13,14). The van der Waals surface area contributed by atoms with Crippen molar-refractivity contribution >= 4 is 11.6 Å². The van der Waals surface area contributed by atoms with E-state index in [4.69, 9.17) is 10.3 Å². The van der Waals surface area contributed by atoms with Crippen molar-refractivity contribution in [1.29, 1.82) is 0 Å². The van der Waals surface area contributed by atoms with Gasteiger partial charge in [0.15, 0.2) is 0 Å². The molecule has 0 bridgehead atoms. The van der Waals surface area contributed by atoms with Crippen LogP contribution >= 0.6 is 0 Å². The molecule has 0 atom stereocenters. The number of aromatic nitrogens is 2. The van der Waals surface area contributed by atoms with Gasteiger partial charge in [-0.05, 0) is 12.1 Å². The molecular formula is C10H13N5O. The lowest BCUT2D eigenvalue weighted by Gasteiger charge is -2.16. The second-order valence-electron chi connectivity index (χ2n) is 3.34. The highest BCUT2D eigenvalue weighted by molar-refractivity contribution is 5.47. The molecule has 0 amide bonds. The largest absolute Gasteiger partial charge is 0.467 e. The molecule has 0 saturated heterocycles. The Hall–Kier alpha value is -2.08. The van der Waals surface area contributed by atoms with Gasteiger partial charge in [0.1, 0.15) is 23.7 Å². The van der Waals surface area contributed by atoms with Gasteiger partial charge in [0.2, 0.25) is 0 Å². The highest BCUT2D eigenvalue weighted by Gasteiger charge is 2.06. The normalized spacial score (nSPS) is 10.1. The van der Waals surface area contributed by atoms with Crippen LogP contribution in [-0.2, 0) is 6.54 Å². The van der Waals surface area contributed by atoms with E-state index < -0.39 is 0 Å². The number of nitrogens with two attached hydrogens (primary N) is 1. The Balaban J connectivity index is 2.11. The molecule has 0 saturated carbocycles. The van der Waals surface area contributed by atoms with Gasteiger partial charge in [-0.15, -0.1) is 0 Å². The third kappa shape index (κ3) is 2.29. The zero-order chi connectivity index (χ0) is 11.4. The van der Waals surface area contributed by atoms with Gasteiger partial charge in [0.25, 0.3) is 0 Å². The number of hydrogen-bond acceptors (Lipinski definition) is 6. The van der Waals surface area contributed by atoms with Crippen molar-refractivity contribution in [2.45, 2.75) is 6.54 Å². The Morgan fingerprint density at radius 2 is 2.38 bits per heavy atom. The molecule has 0 aliphatic heterocycles. The lowest BCUT2D eigenvalue weighted by atomic mass is 10.4. The minimum absolute atomic E-state index is 0.580. The fourth-order valence-corrected chi connectivity index (χ4v) is 1.35. The first kappa shape index (κ1) is 10.4. The van der Waals surface area contributed by atoms with Crippen LogP contribution in [0.5, 0.6) is 0 Å². The molecule has 6 nitrogen and oxygen atoms in total. The average molecular weight is 219 g/mol. The molecule has 0 aromatic carbocycles. The van der Waals surface area contributed by atoms with Gasteiger partial charge in [-0.3, -0.25) is 0 Å². The van der Waals surface area contributed by atoms with Crippen molar-refractivity contribution in [3.8, 4) is 0 Å². The zero-order valence-corrected chi connectivity index (χ0v) is 8.92. The van der Waals surface area contributed by atoms with Gasteiger partial charge >= 0.3 is 0 Å². The lowest BCUT2D eigenvalue weighted by Crippen LogP contribution is -2.18. The summed E-state index contributed by atoms with van der Waals surface area (Å²) in [5, 5.41) is 0. The highest BCUT2D eigenvalue weighted by atomic mass is 16.3. The molecule has 0 aliphatic carbocycles. The van der Waals surface area contributed by atoms with E-state index in [0.29, 0.717) is 12.4 Å². The third-order valence-electron chi connectivity index (χ3n) is 2.16. The monoisotopic (exact) mass is 219 g/mol. The van der Waals surface area contributed by atoms with E-state index in [9.17, 15) is 0 Å². The van der Waals surface area contributed by atoms with Crippen LogP contribution in [0.3, 0.4) is 0 Å². The SMILES string of the molecule is CN(Cc1ccco1)c1cc(NN)ncn1. The maximum absolute atomic E-state index is 5.28. The first-order valence-electron chi connectivity index (χ1n) is 4.82. The van der Waals surface area contributed by atoms with Crippen molar-refractivity contribution in [1.82, 2.24) is 9.97 Å².